The molecule has 0 amide bonds. The molecule has 0 bridgehead atoms. The van der Waals surface area contributed by atoms with Gasteiger partial charge >= 0.3 is 0 Å². The van der Waals surface area contributed by atoms with Crippen molar-refractivity contribution in [1.82, 2.24) is 4.57 Å². The summed E-state index contributed by atoms with van der Waals surface area (Å²) in [4.78, 5) is 7.60. The molecule has 4 heterocycles. The lowest BCUT2D eigenvalue weighted by molar-refractivity contribution is 0.590. The van der Waals surface area contributed by atoms with E-state index in [2.05, 4.69) is 344 Å². The molecule has 0 fully saturated rings. The molecule has 452 valence electrons. The number of furan rings is 1. The molecule has 2 aliphatic heterocycles. The van der Waals surface area contributed by atoms with Gasteiger partial charge in [0.2, 0.25) is 0 Å². The Bertz CT molecular complexity index is 4680. The van der Waals surface area contributed by atoms with E-state index in [0.717, 1.165) is 89.8 Å². The summed E-state index contributed by atoms with van der Waals surface area (Å²) in [6, 6.07) is 77.2. The number of fused-ring (bicyclic) bond motifs is 11. The van der Waals surface area contributed by atoms with E-state index in [-0.39, 0.29) is 39.2 Å². The van der Waals surface area contributed by atoms with Crippen LogP contribution in [-0.4, -0.2) is 11.3 Å². The quantitative estimate of drug-likeness (QED) is 0.155. The Morgan fingerprint density at radius 3 is 1.23 bits per heavy atom. The minimum Gasteiger partial charge on any atom is -0.454 e. The highest BCUT2D eigenvalue weighted by molar-refractivity contribution is 7.00. The van der Waals surface area contributed by atoms with Gasteiger partial charge in [-0.25, -0.2) is 0 Å². The molecular formula is C84H87BN4O. The average molecular weight is 1180 g/mol. The second-order valence-corrected chi connectivity index (χ2v) is 32.0. The molecule has 2 aromatic heterocycles. The Morgan fingerprint density at radius 2 is 0.756 bits per heavy atom. The van der Waals surface area contributed by atoms with Crippen molar-refractivity contribution in [2.45, 2.75) is 157 Å². The Kier molecular flexibility index (Phi) is 13.3. The fourth-order valence-electron chi connectivity index (χ4n) is 14.2. The van der Waals surface area contributed by atoms with Crippen LogP contribution in [0.3, 0.4) is 0 Å². The van der Waals surface area contributed by atoms with Crippen molar-refractivity contribution in [3.05, 3.63) is 234 Å². The van der Waals surface area contributed by atoms with Gasteiger partial charge in [-0.1, -0.05) is 216 Å². The lowest BCUT2D eigenvalue weighted by Crippen LogP contribution is -2.61. The zero-order chi connectivity index (χ0) is 63.5. The van der Waals surface area contributed by atoms with Crippen LogP contribution < -0.4 is 31.1 Å². The normalized spacial score (nSPS) is 13.8. The van der Waals surface area contributed by atoms with E-state index in [9.17, 15) is 0 Å². The Labute approximate surface area is 535 Å². The number of para-hydroxylation sites is 1. The van der Waals surface area contributed by atoms with Crippen LogP contribution in [-0.2, 0) is 32.5 Å². The Morgan fingerprint density at radius 1 is 0.333 bits per heavy atom. The van der Waals surface area contributed by atoms with Crippen LogP contribution in [0.5, 0.6) is 0 Å². The fraction of sp³-hybridized carbons (Fsp3) is 0.286. The summed E-state index contributed by atoms with van der Waals surface area (Å²) in [6.45, 7) is 41.3. The van der Waals surface area contributed by atoms with Gasteiger partial charge in [-0.3, -0.25) is 0 Å². The third-order valence-electron chi connectivity index (χ3n) is 19.5. The lowest BCUT2D eigenvalue weighted by atomic mass is 9.33. The van der Waals surface area contributed by atoms with Crippen LogP contribution in [0.2, 0.25) is 0 Å². The predicted octanol–water partition coefficient (Wildman–Crippen LogP) is 22.0. The highest BCUT2D eigenvalue weighted by Crippen LogP contribution is 2.52. The molecule has 2 aliphatic rings. The maximum absolute atomic E-state index is 7.46. The van der Waals surface area contributed by atoms with E-state index in [1.165, 1.54) is 60.5 Å². The van der Waals surface area contributed by atoms with Crippen molar-refractivity contribution in [2.75, 3.05) is 14.7 Å². The number of nitrogens with zero attached hydrogens (tertiary/aromatic N) is 4. The maximum Gasteiger partial charge on any atom is 0.252 e. The number of aromatic nitrogens is 1. The fourth-order valence-corrected chi connectivity index (χ4v) is 14.2. The van der Waals surface area contributed by atoms with Crippen LogP contribution in [0.25, 0.3) is 49.4 Å². The molecular weight excluding hydrogens is 1090 g/mol. The molecule has 90 heavy (non-hydrogen) atoms. The SMILES string of the molecule is CC(C)(C)c1ccc(N(c2ccc(C(C)(C)C)cc2)c2ccc3c(c2)N(c2ccc(C(C)(C)C)cc2)c2cccc4c2B3c2cc(-n3c5ccc(C(C)(C)C)cc5c5cc(C(C)(C)C)ccc53)c3oc5ccccc5c3c2N4c2ccc(C(C)(C)C)cc2)cc1. The molecule has 10 aromatic carbocycles. The first kappa shape index (κ1) is 58.9. The summed E-state index contributed by atoms with van der Waals surface area (Å²) < 4.78 is 9.99. The molecule has 12 aromatic rings. The topological polar surface area (TPSA) is 27.8 Å². The minimum atomic E-state index is -0.207. The molecule has 0 unspecified atom stereocenters. The molecule has 5 nitrogen and oxygen atoms in total. The summed E-state index contributed by atoms with van der Waals surface area (Å²) in [5, 5.41) is 4.68. The van der Waals surface area contributed by atoms with Gasteiger partial charge in [-0.15, -0.1) is 0 Å². The second-order valence-electron chi connectivity index (χ2n) is 32.0. The number of hydrogen-bond acceptors (Lipinski definition) is 4. The number of hydrogen-bond donors (Lipinski definition) is 0. The van der Waals surface area contributed by atoms with E-state index < -0.39 is 0 Å². The van der Waals surface area contributed by atoms with E-state index in [0.29, 0.717) is 0 Å². The molecule has 0 atom stereocenters. The van der Waals surface area contributed by atoms with Gasteiger partial charge in [-0.05, 0) is 191 Å². The van der Waals surface area contributed by atoms with Gasteiger partial charge < -0.3 is 23.7 Å². The van der Waals surface area contributed by atoms with Gasteiger partial charge in [-0.2, -0.15) is 0 Å². The largest absolute Gasteiger partial charge is 0.454 e. The molecule has 14 rings (SSSR count). The Balaban J connectivity index is 1.11. The van der Waals surface area contributed by atoms with Crippen molar-refractivity contribution in [3.63, 3.8) is 0 Å². The second kappa shape index (κ2) is 20.4. The maximum atomic E-state index is 7.46. The van der Waals surface area contributed by atoms with Crippen molar-refractivity contribution >= 4 is 118 Å². The van der Waals surface area contributed by atoms with Gasteiger partial charge in [0.05, 0.1) is 27.8 Å². The van der Waals surface area contributed by atoms with E-state index in [1.54, 1.807) is 0 Å². The monoisotopic (exact) mass is 1180 g/mol. The van der Waals surface area contributed by atoms with Crippen LogP contribution in [0.4, 0.5) is 51.2 Å². The summed E-state index contributed by atoms with van der Waals surface area (Å²) in [5.41, 5.74) is 26.5. The van der Waals surface area contributed by atoms with Crippen LogP contribution >= 0.6 is 0 Å². The first-order chi connectivity index (χ1) is 42.4. The number of anilines is 9. The summed E-state index contributed by atoms with van der Waals surface area (Å²) in [6.07, 6.45) is 0. The van der Waals surface area contributed by atoms with Crippen LogP contribution in [0.15, 0.2) is 205 Å². The van der Waals surface area contributed by atoms with Crippen LogP contribution in [0.1, 0.15) is 158 Å². The van der Waals surface area contributed by atoms with Crippen molar-refractivity contribution < 1.29 is 4.42 Å². The summed E-state index contributed by atoms with van der Waals surface area (Å²) in [5.74, 6) is 0. The van der Waals surface area contributed by atoms with Crippen molar-refractivity contribution in [1.29, 1.82) is 0 Å². The van der Waals surface area contributed by atoms with Gasteiger partial charge in [0.1, 0.15) is 5.58 Å². The minimum absolute atomic E-state index is 0.00186. The number of benzene rings is 10. The number of rotatable bonds is 6. The van der Waals surface area contributed by atoms with Crippen LogP contribution in [0, 0.1) is 0 Å². The molecule has 0 saturated carbocycles. The van der Waals surface area contributed by atoms with E-state index >= 15 is 0 Å². The summed E-state index contributed by atoms with van der Waals surface area (Å²) >= 11 is 0. The Hall–Kier alpha value is -8.74. The highest BCUT2D eigenvalue weighted by atomic mass is 16.3. The van der Waals surface area contributed by atoms with Gasteiger partial charge in [0, 0.05) is 61.7 Å². The third-order valence-corrected chi connectivity index (χ3v) is 19.5. The zero-order valence-electron chi connectivity index (χ0n) is 56.3. The molecule has 6 heteroatoms. The van der Waals surface area contributed by atoms with Gasteiger partial charge in [0.25, 0.3) is 6.71 Å². The first-order valence-corrected chi connectivity index (χ1v) is 32.6. The smallest absolute Gasteiger partial charge is 0.252 e. The highest BCUT2D eigenvalue weighted by Gasteiger charge is 2.46. The van der Waals surface area contributed by atoms with E-state index in [1.807, 2.05) is 0 Å². The predicted molar refractivity (Wildman–Crippen MR) is 389 cm³/mol. The third kappa shape index (κ3) is 9.74. The first-order valence-electron chi connectivity index (χ1n) is 32.6. The van der Waals surface area contributed by atoms with Gasteiger partial charge in [0.15, 0.2) is 5.58 Å². The summed E-state index contributed by atoms with van der Waals surface area (Å²) in [7, 11) is 0. The molecule has 0 aliphatic carbocycles. The molecule has 0 N–H and O–H groups in total. The zero-order valence-corrected chi connectivity index (χ0v) is 56.3. The molecule has 0 radical (unpaired) electrons. The standard InChI is InChI=1S/C84H87BN4O/c1-79(2,3)52-26-36-58(37-27-52)86(59-38-28-53(29-39-59)80(4,5)6)62-44-45-66-72(50-62)87(60-40-30-54(31-41-60)81(7,8)9)70-23-21-24-71-76(70)85(66)67-51-73(89-68-46-34-56(83(13,14)15)48-64(68)65-49-57(84(16,17)18)35-47-69(65)89)78-75(63-22-19-20-25-74(63)90-78)77(67)88(71)61-42-32-55(33-43-61)82(10,11)12/h19-51H,1-18H3. The van der Waals surface area contributed by atoms with Crippen molar-refractivity contribution in [2.24, 2.45) is 0 Å². The average Bonchev–Trinajstić information content (AvgIpc) is 1.13. The molecule has 0 spiro atoms. The molecule has 0 saturated heterocycles. The van der Waals surface area contributed by atoms with E-state index in [4.69, 9.17) is 4.42 Å². The van der Waals surface area contributed by atoms with Crippen molar-refractivity contribution in [3.8, 4) is 5.69 Å². The lowest BCUT2D eigenvalue weighted by Gasteiger charge is -2.45.